The summed E-state index contributed by atoms with van der Waals surface area (Å²) in [4.78, 5) is 19.8. The van der Waals surface area contributed by atoms with Crippen molar-refractivity contribution in [3.8, 4) is 0 Å². The van der Waals surface area contributed by atoms with E-state index >= 15 is 0 Å². The number of hydrogen-bond donors (Lipinski definition) is 0. The molecule has 0 aromatic heterocycles. The SMILES string of the molecule is CCN1C(=O)N(Cc2ccccc2)C[C@]12CC[C@@](c1ccccc1)(N(C)C)CC2. The second-order valence-electron chi connectivity index (χ2n) is 8.88. The third-order valence-corrected chi connectivity index (χ3v) is 7.27. The van der Waals surface area contributed by atoms with E-state index in [1.165, 1.54) is 11.1 Å². The normalized spacial score (nSPS) is 27.2. The molecule has 4 rings (SSSR count). The molecule has 1 saturated heterocycles. The van der Waals surface area contributed by atoms with Gasteiger partial charge in [-0.3, -0.25) is 4.90 Å². The van der Waals surface area contributed by atoms with Crippen LogP contribution in [0.5, 0.6) is 0 Å². The minimum atomic E-state index is -0.0328. The Balaban J connectivity index is 1.56. The fourth-order valence-electron chi connectivity index (χ4n) is 5.58. The van der Waals surface area contributed by atoms with Crippen LogP contribution in [-0.2, 0) is 12.1 Å². The van der Waals surface area contributed by atoms with Crippen LogP contribution in [0.3, 0.4) is 0 Å². The number of urea groups is 1. The van der Waals surface area contributed by atoms with Gasteiger partial charge in [-0.2, -0.15) is 0 Å². The van der Waals surface area contributed by atoms with Crippen LogP contribution in [0.1, 0.15) is 43.7 Å². The van der Waals surface area contributed by atoms with Crippen molar-refractivity contribution >= 4 is 6.03 Å². The zero-order valence-corrected chi connectivity index (χ0v) is 18.0. The Hall–Kier alpha value is -2.33. The molecular weight excluding hydrogens is 358 g/mol. The van der Waals surface area contributed by atoms with Gasteiger partial charge in [0.25, 0.3) is 0 Å². The minimum Gasteiger partial charge on any atom is -0.318 e. The largest absolute Gasteiger partial charge is 0.320 e. The van der Waals surface area contributed by atoms with Gasteiger partial charge >= 0.3 is 6.03 Å². The average Bonchev–Trinajstić information content (AvgIpc) is 3.00. The number of carbonyl (C=O) groups is 1. The molecule has 0 atom stereocenters. The molecule has 4 nitrogen and oxygen atoms in total. The molecule has 0 N–H and O–H groups in total. The number of rotatable bonds is 5. The molecular formula is C25H33N3O. The van der Waals surface area contributed by atoms with Gasteiger partial charge in [-0.05, 0) is 57.8 Å². The fraction of sp³-hybridized carbons (Fsp3) is 0.480. The van der Waals surface area contributed by atoms with E-state index < -0.39 is 0 Å². The molecule has 0 bridgehead atoms. The van der Waals surface area contributed by atoms with Crippen molar-refractivity contribution in [3.63, 3.8) is 0 Å². The first-order valence-electron chi connectivity index (χ1n) is 10.8. The number of likely N-dealkylation sites (N-methyl/N-ethyl adjacent to an activating group) is 1. The van der Waals surface area contributed by atoms with Crippen LogP contribution in [0.4, 0.5) is 4.79 Å². The lowest BCUT2D eigenvalue weighted by molar-refractivity contribution is 0.0261. The summed E-state index contributed by atoms with van der Waals surface area (Å²) in [6.45, 7) is 4.45. The Morgan fingerprint density at radius 2 is 1.48 bits per heavy atom. The quantitative estimate of drug-likeness (QED) is 0.738. The summed E-state index contributed by atoms with van der Waals surface area (Å²) in [7, 11) is 4.40. The second kappa shape index (κ2) is 7.83. The van der Waals surface area contributed by atoms with Crippen molar-refractivity contribution in [1.82, 2.24) is 14.7 Å². The van der Waals surface area contributed by atoms with E-state index in [4.69, 9.17) is 0 Å². The molecule has 2 aliphatic rings. The summed E-state index contributed by atoms with van der Waals surface area (Å²) in [5.41, 5.74) is 2.63. The molecule has 1 saturated carbocycles. The molecule has 2 aromatic rings. The Kier molecular flexibility index (Phi) is 5.39. The van der Waals surface area contributed by atoms with Crippen LogP contribution in [0, 0.1) is 0 Å². The maximum absolute atomic E-state index is 13.2. The third kappa shape index (κ3) is 3.44. The Labute approximate surface area is 175 Å². The summed E-state index contributed by atoms with van der Waals surface area (Å²) in [5.74, 6) is 0. The van der Waals surface area contributed by atoms with Crippen LogP contribution in [0.2, 0.25) is 0 Å². The summed E-state index contributed by atoms with van der Waals surface area (Å²) < 4.78 is 0. The highest BCUT2D eigenvalue weighted by Crippen LogP contribution is 2.48. The van der Waals surface area contributed by atoms with E-state index in [1.807, 2.05) is 6.07 Å². The minimum absolute atomic E-state index is 0.0328. The van der Waals surface area contributed by atoms with E-state index in [2.05, 4.69) is 90.3 Å². The van der Waals surface area contributed by atoms with Crippen LogP contribution in [-0.4, -0.2) is 53.5 Å². The summed E-state index contributed by atoms with van der Waals surface area (Å²) in [6, 6.07) is 21.5. The van der Waals surface area contributed by atoms with E-state index in [1.54, 1.807) is 0 Å². The second-order valence-corrected chi connectivity index (χ2v) is 8.88. The first-order valence-corrected chi connectivity index (χ1v) is 10.8. The van der Waals surface area contributed by atoms with Gasteiger partial charge in [-0.15, -0.1) is 0 Å². The van der Waals surface area contributed by atoms with Crippen LogP contribution in [0.25, 0.3) is 0 Å². The van der Waals surface area contributed by atoms with Crippen LogP contribution in [0.15, 0.2) is 60.7 Å². The first-order chi connectivity index (χ1) is 14.0. The fourth-order valence-corrected chi connectivity index (χ4v) is 5.58. The maximum Gasteiger partial charge on any atom is 0.320 e. The molecule has 1 spiro atoms. The predicted molar refractivity (Wildman–Crippen MR) is 118 cm³/mol. The van der Waals surface area contributed by atoms with Crippen molar-refractivity contribution in [2.24, 2.45) is 0 Å². The van der Waals surface area contributed by atoms with Crippen LogP contribution < -0.4 is 0 Å². The highest BCUT2D eigenvalue weighted by atomic mass is 16.2. The van der Waals surface area contributed by atoms with Gasteiger partial charge < -0.3 is 9.80 Å². The van der Waals surface area contributed by atoms with Gasteiger partial charge in [0.1, 0.15) is 0 Å². The van der Waals surface area contributed by atoms with Crippen molar-refractivity contribution in [2.75, 3.05) is 27.2 Å². The highest BCUT2D eigenvalue weighted by Gasteiger charge is 2.53. The number of nitrogens with zero attached hydrogens (tertiary/aromatic N) is 3. The molecule has 4 heteroatoms. The summed E-state index contributed by atoms with van der Waals surface area (Å²) >= 11 is 0. The van der Waals surface area contributed by atoms with Gasteiger partial charge in [0.2, 0.25) is 0 Å². The molecule has 2 fully saturated rings. The van der Waals surface area contributed by atoms with Gasteiger partial charge in [0, 0.05) is 25.2 Å². The highest BCUT2D eigenvalue weighted by molar-refractivity contribution is 5.78. The third-order valence-electron chi connectivity index (χ3n) is 7.27. The molecule has 0 radical (unpaired) electrons. The molecule has 1 aliphatic carbocycles. The average molecular weight is 392 g/mol. The number of amides is 2. The van der Waals surface area contributed by atoms with E-state index in [9.17, 15) is 4.79 Å². The van der Waals surface area contributed by atoms with Crippen molar-refractivity contribution < 1.29 is 4.79 Å². The van der Waals surface area contributed by atoms with Gasteiger partial charge in [-0.1, -0.05) is 60.7 Å². The number of carbonyl (C=O) groups excluding carboxylic acids is 1. The van der Waals surface area contributed by atoms with Gasteiger partial charge in [0.05, 0.1) is 5.54 Å². The molecule has 154 valence electrons. The maximum atomic E-state index is 13.2. The monoisotopic (exact) mass is 391 g/mol. The Morgan fingerprint density at radius 1 is 0.897 bits per heavy atom. The molecule has 29 heavy (non-hydrogen) atoms. The first kappa shape index (κ1) is 20.0. The number of benzene rings is 2. The summed E-state index contributed by atoms with van der Waals surface area (Å²) in [5, 5.41) is 0. The van der Waals surface area contributed by atoms with E-state index in [0.29, 0.717) is 6.54 Å². The lowest BCUT2D eigenvalue weighted by Gasteiger charge is -2.51. The van der Waals surface area contributed by atoms with E-state index in [-0.39, 0.29) is 17.1 Å². The van der Waals surface area contributed by atoms with Gasteiger partial charge in [-0.25, -0.2) is 4.79 Å². The van der Waals surface area contributed by atoms with Gasteiger partial charge in [0.15, 0.2) is 0 Å². The molecule has 2 aromatic carbocycles. The van der Waals surface area contributed by atoms with Crippen molar-refractivity contribution in [3.05, 3.63) is 71.8 Å². The summed E-state index contributed by atoms with van der Waals surface area (Å²) in [6.07, 6.45) is 4.25. The Bertz CT molecular complexity index is 826. The molecule has 1 aliphatic heterocycles. The molecule has 2 amide bonds. The van der Waals surface area contributed by atoms with Crippen molar-refractivity contribution in [1.29, 1.82) is 0 Å². The zero-order chi connectivity index (χ0) is 20.5. The van der Waals surface area contributed by atoms with Crippen molar-refractivity contribution in [2.45, 2.75) is 50.2 Å². The Morgan fingerprint density at radius 3 is 2.03 bits per heavy atom. The molecule has 0 unspecified atom stereocenters. The molecule has 1 heterocycles. The smallest absolute Gasteiger partial charge is 0.318 e. The number of hydrogen-bond acceptors (Lipinski definition) is 2. The lowest BCUT2D eigenvalue weighted by atomic mass is 9.68. The topological polar surface area (TPSA) is 26.8 Å². The van der Waals surface area contributed by atoms with E-state index in [0.717, 1.165) is 38.8 Å². The predicted octanol–water partition coefficient (Wildman–Crippen LogP) is 4.71. The lowest BCUT2D eigenvalue weighted by Crippen LogP contribution is -2.55. The zero-order valence-electron chi connectivity index (χ0n) is 18.0. The van der Waals surface area contributed by atoms with Crippen LogP contribution >= 0.6 is 0 Å². The standard InChI is InChI=1S/C25H33N3O/c1-4-28-23(29)27(19-21-11-7-5-8-12-21)20-24(28)15-17-25(18-16-24,26(2)3)22-13-9-6-10-14-22/h5-14H,4,15-20H2,1-3H3/t24-,25-.